The minimum absolute atomic E-state index is 0.741. The zero-order chi connectivity index (χ0) is 20.1. The highest BCUT2D eigenvalue weighted by atomic mass is 16.5. The van der Waals surface area contributed by atoms with Gasteiger partial charge in [-0.1, -0.05) is 0 Å². The molecule has 144 valence electrons. The van der Waals surface area contributed by atoms with Gasteiger partial charge >= 0.3 is 0 Å². The third-order valence-electron chi connectivity index (χ3n) is 4.28. The summed E-state index contributed by atoms with van der Waals surface area (Å²) >= 11 is 0. The van der Waals surface area contributed by atoms with Crippen molar-refractivity contribution in [3.8, 4) is 11.5 Å². The highest BCUT2D eigenvalue weighted by molar-refractivity contribution is 5.78. The van der Waals surface area contributed by atoms with Crippen LogP contribution in [0, 0.1) is 0 Å². The fraction of sp³-hybridized carbons (Fsp3) is 0.0909. The van der Waals surface area contributed by atoms with Gasteiger partial charge in [-0.2, -0.15) is 0 Å². The molecule has 2 aromatic carbocycles. The van der Waals surface area contributed by atoms with E-state index in [2.05, 4.69) is 20.0 Å². The predicted molar refractivity (Wildman–Crippen MR) is 114 cm³/mol. The van der Waals surface area contributed by atoms with Crippen LogP contribution in [-0.2, 0) is 14.1 Å². The topological polar surface area (TPSA) is 69.6 Å². The monoisotopic (exact) mass is 384 g/mol. The van der Waals surface area contributed by atoms with Gasteiger partial charge in [0.2, 0.25) is 0 Å². The van der Waals surface area contributed by atoms with Crippen molar-refractivity contribution in [1.29, 1.82) is 0 Å². The van der Waals surface area contributed by atoms with E-state index in [9.17, 15) is 0 Å². The van der Waals surface area contributed by atoms with Crippen molar-refractivity contribution in [2.45, 2.75) is 0 Å². The van der Waals surface area contributed by atoms with Crippen LogP contribution in [0.25, 0.3) is 0 Å². The van der Waals surface area contributed by atoms with Crippen LogP contribution in [0.5, 0.6) is 11.5 Å². The molecule has 0 N–H and O–H groups in total. The van der Waals surface area contributed by atoms with E-state index in [0.717, 1.165) is 34.5 Å². The minimum Gasteiger partial charge on any atom is -0.457 e. The van der Waals surface area contributed by atoms with Crippen molar-refractivity contribution in [2.24, 2.45) is 24.1 Å². The summed E-state index contributed by atoms with van der Waals surface area (Å²) in [6.07, 6.45) is 10.7. The second-order valence-corrected chi connectivity index (χ2v) is 6.40. The van der Waals surface area contributed by atoms with Gasteiger partial charge in [-0.25, -0.2) is 9.97 Å². The summed E-state index contributed by atoms with van der Waals surface area (Å²) in [5.41, 5.74) is 1.67. The number of hydrogen-bond donors (Lipinski definition) is 0. The van der Waals surface area contributed by atoms with Crippen LogP contribution in [0.1, 0.15) is 11.6 Å². The first-order valence-corrected chi connectivity index (χ1v) is 9.08. The van der Waals surface area contributed by atoms with Crippen molar-refractivity contribution in [3.63, 3.8) is 0 Å². The van der Waals surface area contributed by atoms with Gasteiger partial charge in [-0.15, -0.1) is 0 Å². The maximum Gasteiger partial charge on any atom is 0.150 e. The molecule has 0 saturated carbocycles. The smallest absolute Gasteiger partial charge is 0.150 e. The van der Waals surface area contributed by atoms with Crippen LogP contribution in [0.3, 0.4) is 0 Å². The van der Waals surface area contributed by atoms with E-state index in [1.54, 1.807) is 24.8 Å². The van der Waals surface area contributed by atoms with Gasteiger partial charge in [0.15, 0.2) is 11.6 Å². The Morgan fingerprint density at radius 3 is 1.45 bits per heavy atom. The summed E-state index contributed by atoms with van der Waals surface area (Å²) in [4.78, 5) is 17.3. The molecule has 0 aliphatic heterocycles. The van der Waals surface area contributed by atoms with Crippen molar-refractivity contribution >= 4 is 23.8 Å². The molecule has 0 unspecified atom stereocenters. The molecule has 0 aliphatic carbocycles. The zero-order valence-corrected chi connectivity index (χ0v) is 16.2. The van der Waals surface area contributed by atoms with Crippen molar-refractivity contribution in [3.05, 3.63) is 85.0 Å². The molecule has 0 amide bonds. The van der Waals surface area contributed by atoms with E-state index < -0.39 is 0 Å². The van der Waals surface area contributed by atoms with E-state index in [4.69, 9.17) is 4.74 Å². The highest BCUT2D eigenvalue weighted by Crippen LogP contribution is 2.26. The van der Waals surface area contributed by atoms with E-state index in [0.29, 0.717) is 0 Å². The Bertz CT molecular complexity index is 1050. The third-order valence-corrected chi connectivity index (χ3v) is 4.28. The quantitative estimate of drug-likeness (QED) is 0.461. The largest absolute Gasteiger partial charge is 0.457 e. The standard InChI is InChI=1S/C22H20N6O/c1-27-13-11-23-21(27)15-25-17-3-7-19(8-4-17)29-20-9-5-18(6-10-20)26-16-22-24-12-14-28(22)2/h3-16H,1-2H3. The van der Waals surface area contributed by atoms with Gasteiger partial charge in [0, 0.05) is 38.9 Å². The van der Waals surface area contributed by atoms with Crippen molar-refractivity contribution in [1.82, 2.24) is 19.1 Å². The first-order chi connectivity index (χ1) is 14.2. The summed E-state index contributed by atoms with van der Waals surface area (Å²) in [5.74, 6) is 3.09. The number of nitrogens with zero attached hydrogens (tertiary/aromatic N) is 6. The average Bonchev–Trinajstić information content (AvgIpc) is 3.34. The second kappa shape index (κ2) is 8.35. The fourth-order valence-corrected chi connectivity index (χ4v) is 2.60. The lowest BCUT2D eigenvalue weighted by Gasteiger charge is -2.06. The first-order valence-electron chi connectivity index (χ1n) is 9.08. The molecule has 0 aliphatic rings. The molecule has 0 spiro atoms. The maximum absolute atomic E-state index is 5.89. The Labute approximate surface area is 168 Å². The third kappa shape index (κ3) is 4.65. The van der Waals surface area contributed by atoms with E-state index in [1.807, 2.05) is 84.2 Å². The fourth-order valence-electron chi connectivity index (χ4n) is 2.60. The molecule has 2 heterocycles. The summed E-state index contributed by atoms with van der Waals surface area (Å²) in [6.45, 7) is 0. The average molecular weight is 384 g/mol. The Balaban J connectivity index is 1.38. The molecule has 0 saturated heterocycles. The molecule has 0 atom stereocenters. The van der Waals surface area contributed by atoms with Crippen LogP contribution in [-0.4, -0.2) is 31.5 Å². The lowest BCUT2D eigenvalue weighted by molar-refractivity contribution is 0.483. The number of aliphatic imine (C=N–C) groups is 2. The number of imidazole rings is 2. The normalized spacial score (nSPS) is 11.5. The number of aryl methyl sites for hydroxylation is 2. The SMILES string of the molecule is Cn1ccnc1C=Nc1ccc(Oc2ccc(N=Cc3nccn3C)cc2)cc1. The summed E-state index contributed by atoms with van der Waals surface area (Å²) in [6, 6.07) is 15.2. The first kappa shape index (κ1) is 18.4. The van der Waals surface area contributed by atoms with E-state index in [1.165, 1.54) is 0 Å². The van der Waals surface area contributed by atoms with Crippen LogP contribution in [0.4, 0.5) is 11.4 Å². The van der Waals surface area contributed by atoms with Gasteiger partial charge < -0.3 is 13.9 Å². The van der Waals surface area contributed by atoms with E-state index in [-0.39, 0.29) is 0 Å². The zero-order valence-electron chi connectivity index (χ0n) is 16.2. The Kier molecular flexibility index (Phi) is 5.29. The molecule has 0 bridgehead atoms. The lowest BCUT2D eigenvalue weighted by Crippen LogP contribution is -1.94. The van der Waals surface area contributed by atoms with Crippen LogP contribution >= 0.6 is 0 Å². The minimum atomic E-state index is 0.741. The summed E-state index contributed by atoms with van der Waals surface area (Å²) < 4.78 is 9.71. The molecular weight excluding hydrogens is 364 g/mol. The highest BCUT2D eigenvalue weighted by Gasteiger charge is 2.00. The molecule has 29 heavy (non-hydrogen) atoms. The second-order valence-electron chi connectivity index (χ2n) is 6.40. The summed E-state index contributed by atoms with van der Waals surface area (Å²) in [7, 11) is 3.86. The Hall–Kier alpha value is -4.00. The van der Waals surface area contributed by atoms with Crippen LogP contribution in [0.2, 0.25) is 0 Å². The van der Waals surface area contributed by atoms with Crippen LogP contribution in [0.15, 0.2) is 83.3 Å². The molecule has 4 aromatic rings. The number of ether oxygens (including phenoxy) is 1. The molecule has 7 heteroatoms. The number of benzene rings is 2. The van der Waals surface area contributed by atoms with Gasteiger partial charge in [0.25, 0.3) is 0 Å². The van der Waals surface area contributed by atoms with Gasteiger partial charge in [0.05, 0.1) is 23.8 Å². The molecule has 4 rings (SSSR count). The van der Waals surface area contributed by atoms with Gasteiger partial charge in [-0.05, 0) is 48.5 Å². The molecular formula is C22H20N6O. The predicted octanol–water partition coefficient (Wildman–Crippen LogP) is 4.45. The number of hydrogen-bond acceptors (Lipinski definition) is 5. The lowest BCUT2D eigenvalue weighted by atomic mass is 10.3. The molecule has 2 aromatic heterocycles. The molecule has 7 nitrogen and oxygen atoms in total. The Morgan fingerprint density at radius 1 is 0.690 bits per heavy atom. The van der Waals surface area contributed by atoms with Gasteiger partial charge in [-0.3, -0.25) is 9.98 Å². The van der Waals surface area contributed by atoms with E-state index >= 15 is 0 Å². The molecule has 0 radical (unpaired) electrons. The summed E-state index contributed by atoms with van der Waals surface area (Å²) in [5, 5.41) is 0. The number of rotatable bonds is 6. The van der Waals surface area contributed by atoms with Crippen LogP contribution < -0.4 is 4.74 Å². The number of aromatic nitrogens is 4. The van der Waals surface area contributed by atoms with Crippen molar-refractivity contribution in [2.75, 3.05) is 0 Å². The Morgan fingerprint density at radius 2 is 1.10 bits per heavy atom. The van der Waals surface area contributed by atoms with Crippen molar-refractivity contribution < 1.29 is 4.74 Å². The van der Waals surface area contributed by atoms with Gasteiger partial charge in [0.1, 0.15) is 11.5 Å². The maximum atomic E-state index is 5.89. The molecule has 0 fully saturated rings.